The third-order valence-corrected chi connectivity index (χ3v) is 4.91. The number of hydrogen-bond donors (Lipinski definition) is 1. The van der Waals surface area contributed by atoms with Crippen LogP contribution in [0.25, 0.3) is 0 Å². The lowest BCUT2D eigenvalue weighted by atomic mass is 10.1. The zero-order valence-electron chi connectivity index (χ0n) is 14.3. The average Bonchev–Trinajstić information content (AvgIpc) is 3.40. The molecule has 0 bridgehead atoms. The van der Waals surface area contributed by atoms with Crippen molar-refractivity contribution >= 4 is 23.3 Å². The first-order valence-electron chi connectivity index (χ1n) is 8.87. The van der Waals surface area contributed by atoms with E-state index in [1.54, 1.807) is 18.3 Å². The highest BCUT2D eigenvalue weighted by Gasteiger charge is 2.30. The Morgan fingerprint density at radius 1 is 1.28 bits per heavy atom. The summed E-state index contributed by atoms with van der Waals surface area (Å²) in [6.07, 6.45) is 5.24. The molecule has 1 fully saturated rings. The maximum atomic E-state index is 13.0. The summed E-state index contributed by atoms with van der Waals surface area (Å²) in [7, 11) is 0. The van der Waals surface area contributed by atoms with E-state index >= 15 is 0 Å². The number of hydrogen-bond acceptors (Lipinski definition) is 3. The van der Waals surface area contributed by atoms with Gasteiger partial charge in [-0.3, -0.25) is 9.59 Å². The Morgan fingerprint density at radius 2 is 2.12 bits per heavy atom. The van der Waals surface area contributed by atoms with E-state index in [0.717, 1.165) is 31.4 Å². The number of para-hydroxylation sites is 1. The van der Waals surface area contributed by atoms with Crippen molar-refractivity contribution in [2.75, 3.05) is 16.8 Å². The van der Waals surface area contributed by atoms with Crippen molar-refractivity contribution in [2.45, 2.75) is 32.6 Å². The van der Waals surface area contributed by atoms with Crippen LogP contribution in [0.15, 0.2) is 36.5 Å². The van der Waals surface area contributed by atoms with Gasteiger partial charge in [-0.15, -0.1) is 0 Å². The number of pyridine rings is 1. The van der Waals surface area contributed by atoms with Crippen molar-refractivity contribution in [3.63, 3.8) is 0 Å². The fourth-order valence-corrected chi connectivity index (χ4v) is 3.39. The molecular weight excluding hydrogens is 314 g/mol. The van der Waals surface area contributed by atoms with Crippen molar-refractivity contribution in [3.05, 3.63) is 53.2 Å². The van der Waals surface area contributed by atoms with Gasteiger partial charge in [0.2, 0.25) is 5.91 Å². The van der Waals surface area contributed by atoms with Crippen LogP contribution in [-0.4, -0.2) is 23.3 Å². The summed E-state index contributed by atoms with van der Waals surface area (Å²) in [6.45, 7) is 2.80. The molecule has 2 aromatic rings. The van der Waals surface area contributed by atoms with Crippen LogP contribution in [0.1, 0.15) is 41.3 Å². The summed E-state index contributed by atoms with van der Waals surface area (Å²) < 4.78 is 0. The standard InChI is InChI=1S/C20H21N3O2/c1-2-13-4-3-5-14-9-11-23(18(13)14)20(25)16-8-10-21-17(12-16)22-19(24)15-6-7-15/h3-5,8,10,12,15H,2,6-7,9,11H2,1H3,(H,21,22,24). The van der Waals surface area contributed by atoms with E-state index in [4.69, 9.17) is 0 Å². The Hall–Kier alpha value is -2.69. The number of amides is 2. The molecular formula is C20H21N3O2. The van der Waals surface area contributed by atoms with Crippen molar-refractivity contribution < 1.29 is 9.59 Å². The van der Waals surface area contributed by atoms with Gasteiger partial charge in [-0.25, -0.2) is 4.98 Å². The number of aryl methyl sites for hydroxylation is 1. The maximum absolute atomic E-state index is 13.0. The Balaban J connectivity index is 1.59. The van der Waals surface area contributed by atoms with Gasteiger partial charge < -0.3 is 10.2 Å². The number of fused-ring (bicyclic) bond motifs is 1. The van der Waals surface area contributed by atoms with E-state index in [0.29, 0.717) is 17.9 Å². The molecule has 0 radical (unpaired) electrons. The van der Waals surface area contributed by atoms with Crippen molar-refractivity contribution in [1.82, 2.24) is 4.98 Å². The summed E-state index contributed by atoms with van der Waals surface area (Å²) in [5.41, 5.74) is 4.03. The monoisotopic (exact) mass is 335 g/mol. The number of benzene rings is 1. The molecule has 1 aliphatic heterocycles. The first-order valence-corrected chi connectivity index (χ1v) is 8.87. The van der Waals surface area contributed by atoms with Crippen molar-refractivity contribution in [1.29, 1.82) is 0 Å². The van der Waals surface area contributed by atoms with Gasteiger partial charge in [-0.2, -0.15) is 0 Å². The highest BCUT2D eigenvalue weighted by Crippen LogP contribution is 2.33. The quantitative estimate of drug-likeness (QED) is 0.933. The molecule has 0 saturated heterocycles. The Kier molecular flexibility index (Phi) is 3.99. The molecule has 5 heteroatoms. The molecule has 1 aromatic carbocycles. The fraction of sp³-hybridized carbons (Fsp3) is 0.350. The lowest BCUT2D eigenvalue weighted by molar-refractivity contribution is -0.117. The predicted octanol–water partition coefficient (Wildman–Crippen LogP) is 3.20. The number of rotatable bonds is 4. The third-order valence-electron chi connectivity index (χ3n) is 4.91. The average molecular weight is 335 g/mol. The van der Waals surface area contributed by atoms with E-state index < -0.39 is 0 Å². The second kappa shape index (κ2) is 6.31. The molecule has 1 aliphatic carbocycles. The van der Waals surface area contributed by atoms with Crippen LogP contribution >= 0.6 is 0 Å². The van der Waals surface area contributed by atoms with E-state index in [1.165, 1.54) is 11.1 Å². The number of carbonyl (C=O) groups excluding carboxylic acids is 2. The van der Waals surface area contributed by atoms with Gasteiger partial charge in [0.15, 0.2) is 0 Å². The van der Waals surface area contributed by atoms with Crippen LogP contribution < -0.4 is 10.2 Å². The van der Waals surface area contributed by atoms with Crippen LogP contribution in [0.3, 0.4) is 0 Å². The zero-order valence-corrected chi connectivity index (χ0v) is 14.3. The fourth-order valence-electron chi connectivity index (χ4n) is 3.39. The summed E-state index contributed by atoms with van der Waals surface area (Å²) in [5, 5.41) is 2.81. The molecule has 0 unspecified atom stereocenters. The highest BCUT2D eigenvalue weighted by molar-refractivity contribution is 6.08. The van der Waals surface area contributed by atoms with Crippen LogP contribution in [0.4, 0.5) is 11.5 Å². The summed E-state index contributed by atoms with van der Waals surface area (Å²) >= 11 is 0. The van der Waals surface area contributed by atoms with Gasteiger partial charge in [0.05, 0.1) is 5.69 Å². The first kappa shape index (κ1) is 15.8. The maximum Gasteiger partial charge on any atom is 0.258 e. The minimum atomic E-state index is -0.0380. The van der Waals surface area contributed by atoms with E-state index in [1.807, 2.05) is 4.90 Å². The molecule has 1 saturated carbocycles. The Morgan fingerprint density at radius 3 is 2.88 bits per heavy atom. The molecule has 2 amide bonds. The van der Waals surface area contributed by atoms with Crippen molar-refractivity contribution in [3.8, 4) is 0 Å². The molecule has 0 spiro atoms. The van der Waals surface area contributed by atoms with Gasteiger partial charge in [-0.05, 0) is 48.9 Å². The van der Waals surface area contributed by atoms with Crippen molar-refractivity contribution in [2.24, 2.45) is 5.92 Å². The van der Waals surface area contributed by atoms with Gasteiger partial charge in [0.25, 0.3) is 5.91 Å². The van der Waals surface area contributed by atoms with E-state index in [-0.39, 0.29) is 17.7 Å². The number of nitrogens with zero attached hydrogens (tertiary/aromatic N) is 2. The van der Waals surface area contributed by atoms with Crippen LogP contribution in [0.5, 0.6) is 0 Å². The molecule has 5 nitrogen and oxygen atoms in total. The third kappa shape index (κ3) is 3.02. The van der Waals surface area contributed by atoms with E-state index in [9.17, 15) is 9.59 Å². The molecule has 128 valence electrons. The summed E-state index contributed by atoms with van der Waals surface area (Å²) in [6, 6.07) is 9.62. The van der Waals surface area contributed by atoms with Gasteiger partial charge >= 0.3 is 0 Å². The molecule has 2 aliphatic rings. The topological polar surface area (TPSA) is 62.3 Å². The molecule has 4 rings (SSSR count). The molecule has 25 heavy (non-hydrogen) atoms. The summed E-state index contributed by atoms with van der Waals surface area (Å²) in [4.78, 5) is 31.0. The van der Waals surface area contributed by atoms with Crippen LogP contribution in [-0.2, 0) is 17.6 Å². The van der Waals surface area contributed by atoms with Crippen LogP contribution in [0.2, 0.25) is 0 Å². The SMILES string of the molecule is CCc1cccc2c1N(C(=O)c1ccnc(NC(=O)C3CC3)c1)CC2. The van der Waals surface area contributed by atoms with Gasteiger partial charge in [0.1, 0.15) is 5.82 Å². The Labute approximate surface area is 147 Å². The zero-order chi connectivity index (χ0) is 17.4. The second-order valence-electron chi connectivity index (χ2n) is 6.68. The number of carbonyl (C=O) groups is 2. The van der Waals surface area contributed by atoms with Crippen LogP contribution in [0, 0.1) is 5.92 Å². The molecule has 1 aromatic heterocycles. The minimum absolute atomic E-state index is 0.00288. The molecule has 1 N–H and O–H groups in total. The van der Waals surface area contributed by atoms with Gasteiger partial charge in [-0.1, -0.05) is 25.1 Å². The van der Waals surface area contributed by atoms with Gasteiger partial charge in [0, 0.05) is 24.2 Å². The Bertz CT molecular complexity index is 843. The molecule has 0 atom stereocenters. The number of aromatic nitrogens is 1. The van der Waals surface area contributed by atoms with E-state index in [2.05, 4.69) is 35.4 Å². The number of nitrogens with one attached hydrogen (secondary N) is 1. The highest BCUT2D eigenvalue weighted by atomic mass is 16.2. The molecule has 2 heterocycles. The first-order chi connectivity index (χ1) is 12.2. The predicted molar refractivity (Wildman–Crippen MR) is 96.8 cm³/mol. The lowest BCUT2D eigenvalue weighted by Crippen LogP contribution is -2.29. The summed E-state index contributed by atoms with van der Waals surface area (Å²) in [5.74, 6) is 0.519. The minimum Gasteiger partial charge on any atom is -0.310 e. The second-order valence-corrected chi connectivity index (χ2v) is 6.68. The number of anilines is 2. The lowest BCUT2D eigenvalue weighted by Gasteiger charge is -2.20. The largest absolute Gasteiger partial charge is 0.310 e. The smallest absolute Gasteiger partial charge is 0.258 e. The normalized spacial score (nSPS) is 15.8.